The number of benzene rings is 3. The number of piperidine rings is 6. The summed E-state index contributed by atoms with van der Waals surface area (Å²) in [7, 11) is 1.78. The Balaban J connectivity index is 0.000000121. The van der Waals surface area contributed by atoms with Crippen molar-refractivity contribution in [3.8, 4) is 34.5 Å². The van der Waals surface area contributed by atoms with Crippen molar-refractivity contribution >= 4 is 138 Å². The van der Waals surface area contributed by atoms with E-state index in [9.17, 15) is 14.4 Å². The van der Waals surface area contributed by atoms with E-state index in [1.807, 2.05) is 45.9 Å². The molecule has 0 spiro atoms. The van der Waals surface area contributed by atoms with Gasteiger partial charge in [0.15, 0.2) is 34.5 Å². The van der Waals surface area contributed by atoms with Crippen LogP contribution in [0.5, 0.6) is 34.5 Å². The molecule has 19 rings (SSSR count). The molecule has 1 aliphatic carbocycles. The summed E-state index contributed by atoms with van der Waals surface area (Å²) in [6, 6.07) is 13.0. The average Bonchev–Trinajstić information content (AvgIpc) is 1.71. The number of anilines is 9. The number of aromatic amines is 3. The number of ether oxygens (including phenoxy) is 6. The van der Waals surface area contributed by atoms with E-state index in [1.165, 1.54) is 97.1 Å². The number of halogens is 3. The van der Waals surface area contributed by atoms with Gasteiger partial charge < -0.3 is 105 Å². The number of amides is 3. The lowest BCUT2D eigenvalue weighted by molar-refractivity contribution is 0.0579. The summed E-state index contributed by atoms with van der Waals surface area (Å²) in [6.45, 7) is 14.6. The van der Waals surface area contributed by atoms with Crippen molar-refractivity contribution in [3.05, 3.63) is 86.7 Å². The van der Waals surface area contributed by atoms with Crippen LogP contribution < -0.4 is 60.3 Å². The molecule has 586 valence electrons. The smallest absolute Gasteiger partial charge is 0.257 e. The average molecular weight is 1580 g/mol. The highest BCUT2D eigenvalue weighted by Gasteiger charge is 2.38. The molecule has 0 unspecified atom stereocenters. The molecule has 6 aromatic heterocycles. The third-order valence-corrected chi connectivity index (χ3v) is 23.8. The minimum Gasteiger partial charge on any atom is -0.453 e. The van der Waals surface area contributed by atoms with Crippen molar-refractivity contribution in [1.82, 2.24) is 74.3 Å². The van der Waals surface area contributed by atoms with Gasteiger partial charge in [0, 0.05) is 95.6 Å². The lowest BCUT2D eigenvalue weighted by Crippen LogP contribution is -2.48. The van der Waals surface area contributed by atoms with Gasteiger partial charge >= 0.3 is 0 Å². The van der Waals surface area contributed by atoms with Gasteiger partial charge in [-0.05, 0) is 172 Å². The predicted octanol–water partition coefficient (Wildman–Crippen LogP) is 13.6. The summed E-state index contributed by atoms with van der Waals surface area (Å²) in [5.74, 6) is 5.90. The van der Waals surface area contributed by atoms with Gasteiger partial charge in [-0.15, -0.1) is 0 Å². The molecule has 9 aliphatic heterocycles. The van der Waals surface area contributed by atoms with Crippen molar-refractivity contribution in [3.63, 3.8) is 0 Å². The largest absolute Gasteiger partial charge is 0.453 e. The first-order valence-electron chi connectivity index (χ1n) is 39.4. The van der Waals surface area contributed by atoms with Crippen LogP contribution in [0.4, 0.5) is 52.4 Å². The maximum Gasteiger partial charge on any atom is 0.257 e. The molecule has 7 fully saturated rings. The fourth-order valence-electron chi connectivity index (χ4n) is 17.0. The van der Waals surface area contributed by atoms with Crippen LogP contribution in [0.15, 0.2) is 55.0 Å². The second kappa shape index (κ2) is 32.9. The topological polar surface area (TPSA) is 323 Å². The number of fused-ring (bicyclic) bond motifs is 6. The molecule has 33 heteroatoms. The number of hydrogen-bond donors (Lipinski definition) is 9. The van der Waals surface area contributed by atoms with E-state index in [2.05, 4.69) is 86.5 Å². The molecule has 0 radical (unpaired) electrons. The van der Waals surface area contributed by atoms with Crippen LogP contribution in [0, 0.1) is 0 Å². The number of carbonyl (C=O) groups excluding carboxylic acids is 3. The zero-order valence-electron chi connectivity index (χ0n) is 62.5. The highest BCUT2D eigenvalue weighted by molar-refractivity contribution is 6.37. The van der Waals surface area contributed by atoms with E-state index in [-0.39, 0.29) is 38.1 Å². The van der Waals surface area contributed by atoms with E-state index < -0.39 is 0 Å². The quantitative estimate of drug-likeness (QED) is 0.0409. The highest BCUT2D eigenvalue weighted by Crippen LogP contribution is 2.48. The standard InChI is InChI=1S/C27H32ClN7O3.C26H32ClN7O3.C25H30ClN7O3/c28-19-14-29-24-21(19)25(30-16-4-5-16)33-27(32-24)31-20-7-6-18(22-23(20)38-15-37-22)26(36)35-12-8-17(9-13-35)34-10-2-1-3-11-34;1-2-28-23-20-18(27)14-29-24(20)32-26(31-23)30-19-7-6-17(21-22(19)37-15-36-21)25(35)34-12-8-16(9-13-34)33-10-4-3-5-11-33;1-27-22-19-17(26)13-28-23(19)31-25(30-22)29-18-6-5-16(20-21(18)36-14-35-20)24(34)33-11-7-15(8-12-33)32-9-3-2-4-10-32/h6-7,14,16-17H,1-5,8-13,15H2,(H3,29,30,31,32,33);6-7,14,16H,2-5,8-13,15H2,1H3,(H3,28,29,30,31,32);5-6,13,15H,2-4,7-12,14H2,1H3,(H3,27,28,29,30,31). The van der Waals surface area contributed by atoms with E-state index >= 15 is 0 Å². The van der Waals surface area contributed by atoms with Gasteiger partial charge in [-0.1, -0.05) is 54.1 Å². The summed E-state index contributed by atoms with van der Waals surface area (Å²) in [5, 5.41) is 23.4. The monoisotopic (exact) mass is 1570 g/mol. The van der Waals surface area contributed by atoms with Crippen LogP contribution in [0.3, 0.4) is 0 Å². The van der Waals surface area contributed by atoms with E-state index in [4.69, 9.17) is 68.2 Å². The van der Waals surface area contributed by atoms with Crippen molar-refractivity contribution in [2.45, 2.75) is 140 Å². The number of rotatable bonds is 17. The van der Waals surface area contributed by atoms with Gasteiger partial charge in [-0.3, -0.25) is 14.4 Å². The van der Waals surface area contributed by atoms with Crippen molar-refractivity contribution in [2.75, 3.05) is 144 Å². The molecule has 0 bridgehead atoms. The minimum absolute atomic E-state index is 0.00925. The molecular formula is C78H94Cl3N21O9. The number of nitrogens with zero attached hydrogens (tertiary/aromatic N) is 12. The van der Waals surface area contributed by atoms with E-state index in [1.54, 1.807) is 37.8 Å². The van der Waals surface area contributed by atoms with Crippen LogP contribution in [-0.2, 0) is 0 Å². The molecule has 3 amide bonds. The van der Waals surface area contributed by atoms with Crippen molar-refractivity contribution in [2.24, 2.45) is 0 Å². The fraction of sp³-hybridized carbons (Fsp3) is 0.500. The van der Waals surface area contributed by atoms with Crippen molar-refractivity contribution < 1.29 is 42.8 Å². The SMILES string of the molecule is CCNc1nc(Nc2ccc(C(=O)N3CCC(N4CCCCC4)CC3)c3c2OCO3)nc2[nH]cc(Cl)c12.CNc1nc(Nc2ccc(C(=O)N3CCC(N4CCCCC4)CC3)c3c2OCO3)nc2[nH]cc(Cl)c12.O=C(c1ccc(Nc2nc(NC3CC3)c3c(Cl)c[nH]c3n2)c2c1OCO2)N1CCC(N2CCCCC2)CC1. The number of likely N-dealkylation sites (tertiary alicyclic amines) is 6. The van der Waals surface area contributed by atoms with Crippen LogP contribution in [0.1, 0.15) is 147 Å². The molecule has 30 nitrogen and oxygen atoms in total. The second-order valence-corrected chi connectivity index (χ2v) is 31.1. The van der Waals surface area contributed by atoms with E-state index in [0.717, 1.165) is 107 Å². The Bertz CT molecular complexity index is 4900. The third kappa shape index (κ3) is 15.7. The summed E-state index contributed by atoms with van der Waals surface area (Å²) in [4.78, 5) is 90.9. The van der Waals surface area contributed by atoms with Gasteiger partial charge in [0.05, 0.1) is 65.0 Å². The zero-order valence-corrected chi connectivity index (χ0v) is 64.8. The maximum absolute atomic E-state index is 13.5. The summed E-state index contributed by atoms with van der Waals surface area (Å²) < 4.78 is 34.7. The van der Waals surface area contributed by atoms with Crippen molar-refractivity contribution in [1.29, 1.82) is 0 Å². The van der Waals surface area contributed by atoms with E-state index in [0.29, 0.717) is 166 Å². The number of nitrogens with one attached hydrogen (secondary N) is 9. The summed E-state index contributed by atoms with van der Waals surface area (Å²) in [5.41, 5.74) is 5.35. The van der Waals surface area contributed by atoms with Crippen LogP contribution in [-0.4, -0.2) is 229 Å². The molecule has 111 heavy (non-hydrogen) atoms. The van der Waals surface area contributed by atoms with Gasteiger partial charge in [-0.25, -0.2) is 0 Å². The molecular weight excluding hydrogens is 1480 g/mol. The van der Waals surface area contributed by atoms with Gasteiger partial charge in [0.2, 0.25) is 38.2 Å². The Morgan fingerprint density at radius 2 is 0.721 bits per heavy atom. The molecule has 9 N–H and O–H groups in total. The molecule has 1 saturated carbocycles. The third-order valence-electron chi connectivity index (χ3n) is 22.9. The number of hydrogen-bond acceptors (Lipinski definition) is 24. The lowest BCUT2D eigenvalue weighted by Gasteiger charge is -2.40. The highest BCUT2D eigenvalue weighted by atomic mass is 35.5. The normalized spacial score (nSPS) is 19.1. The van der Waals surface area contributed by atoms with Crippen LogP contribution in [0.25, 0.3) is 33.1 Å². The zero-order chi connectivity index (χ0) is 75.6. The molecule has 9 aromatic rings. The van der Waals surface area contributed by atoms with Crippen LogP contribution >= 0.6 is 34.8 Å². The lowest BCUT2D eigenvalue weighted by atomic mass is 9.99. The number of H-pyrrole nitrogens is 3. The predicted molar refractivity (Wildman–Crippen MR) is 428 cm³/mol. The molecule has 10 aliphatic rings. The number of aromatic nitrogens is 9. The Morgan fingerprint density at radius 1 is 0.405 bits per heavy atom. The second-order valence-electron chi connectivity index (χ2n) is 29.9. The molecule has 0 atom stereocenters. The first kappa shape index (κ1) is 74.0. The molecule has 6 saturated heterocycles. The Kier molecular flexibility index (Phi) is 22.0. The Labute approximate surface area is 657 Å². The van der Waals surface area contributed by atoms with Gasteiger partial charge in [0.1, 0.15) is 34.4 Å². The minimum atomic E-state index is -0.0171. The summed E-state index contributed by atoms with van der Waals surface area (Å²) >= 11 is 19.0. The van der Waals surface area contributed by atoms with Gasteiger partial charge in [0.25, 0.3) is 17.7 Å². The van der Waals surface area contributed by atoms with Gasteiger partial charge in [-0.2, -0.15) is 29.9 Å². The maximum atomic E-state index is 13.5. The Morgan fingerprint density at radius 3 is 1.05 bits per heavy atom. The number of carbonyl (C=O) groups is 3. The molecule has 3 aromatic carbocycles. The Hall–Kier alpha value is -9.72. The first-order valence-corrected chi connectivity index (χ1v) is 40.5. The first-order chi connectivity index (χ1) is 54.4. The molecule has 15 heterocycles. The fourth-order valence-corrected chi connectivity index (χ4v) is 17.7. The van der Waals surface area contributed by atoms with Crippen LogP contribution in [0.2, 0.25) is 15.1 Å². The summed E-state index contributed by atoms with van der Waals surface area (Å²) in [6.07, 6.45) is 25.2.